The lowest BCUT2D eigenvalue weighted by atomic mass is 9.69. The molecule has 0 bridgehead atoms. The van der Waals surface area contributed by atoms with Crippen molar-refractivity contribution in [2.45, 2.75) is 64.4 Å². The number of ether oxygens (including phenoxy) is 1. The van der Waals surface area contributed by atoms with Gasteiger partial charge in [-0.2, -0.15) is 5.26 Å². The van der Waals surface area contributed by atoms with Gasteiger partial charge in [-0.1, -0.05) is 31.5 Å². The molecule has 4 atom stereocenters. The maximum absolute atomic E-state index is 13.7. The van der Waals surface area contributed by atoms with Gasteiger partial charge in [0, 0.05) is 41.6 Å². The normalized spacial score (nSPS) is 26.6. The summed E-state index contributed by atoms with van der Waals surface area (Å²) in [5.74, 6) is -1.22. The van der Waals surface area contributed by atoms with Gasteiger partial charge in [-0.05, 0) is 30.9 Å². The molecular formula is C28H31N5O6. The van der Waals surface area contributed by atoms with Crippen molar-refractivity contribution in [3.05, 3.63) is 85.1 Å². The summed E-state index contributed by atoms with van der Waals surface area (Å²) in [6.45, 7) is 5.46. The highest BCUT2D eigenvalue weighted by molar-refractivity contribution is 6.01. The zero-order valence-corrected chi connectivity index (χ0v) is 22.0. The minimum absolute atomic E-state index is 0.00658. The Labute approximate surface area is 224 Å². The Hall–Kier alpha value is -3.98. The van der Waals surface area contributed by atoms with Crippen molar-refractivity contribution in [1.29, 1.82) is 5.26 Å². The van der Waals surface area contributed by atoms with Crippen molar-refractivity contribution in [3.8, 4) is 6.07 Å². The third-order valence-corrected chi connectivity index (χ3v) is 7.67. The van der Waals surface area contributed by atoms with Crippen LogP contribution < -0.4 is 21.9 Å². The monoisotopic (exact) mass is 533 g/mol. The average molecular weight is 534 g/mol. The molecule has 204 valence electrons. The molecule has 11 nitrogen and oxygen atoms in total. The average Bonchev–Trinajstić information content (AvgIpc) is 3.24. The molecule has 2 aromatic rings. The Morgan fingerprint density at radius 2 is 1.90 bits per heavy atom. The molecule has 39 heavy (non-hydrogen) atoms. The van der Waals surface area contributed by atoms with Gasteiger partial charge in [-0.15, -0.1) is 0 Å². The number of rotatable bonds is 4. The number of nitriles is 1. The molecule has 1 saturated heterocycles. The lowest BCUT2D eigenvalue weighted by molar-refractivity contribution is -0.118. The standard InChI is InChI=1S/C28H31N5O6/c1-14-4-6-15(7-5-14)33-18-9-28(2,3)10-20(36)24(18)23(16(11-29)25(33)30)17-12-32(27(38)31-26(17)37)22-8-19(35)21(13-34)39-22/h4-7,12,19,21-23,34-35H,8-10,13,30H2,1-3H3,(H,31,37,38)/t19?,21-,22-,23?/m1/s1. The van der Waals surface area contributed by atoms with E-state index in [4.69, 9.17) is 10.5 Å². The fraction of sp³-hybridized carbons (Fsp3) is 0.429. The Balaban J connectivity index is 1.73. The summed E-state index contributed by atoms with van der Waals surface area (Å²) in [7, 11) is 0. The van der Waals surface area contributed by atoms with Gasteiger partial charge in [-0.3, -0.25) is 24.0 Å². The van der Waals surface area contributed by atoms with E-state index < -0.39 is 47.6 Å². The Morgan fingerprint density at radius 1 is 1.21 bits per heavy atom. The van der Waals surface area contributed by atoms with Crippen LogP contribution in [0.2, 0.25) is 0 Å². The van der Waals surface area contributed by atoms with Crippen molar-refractivity contribution in [3.63, 3.8) is 0 Å². The predicted octanol–water partition coefficient (Wildman–Crippen LogP) is 1.43. The quantitative estimate of drug-likeness (QED) is 0.453. The maximum atomic E-state index is 13.7. The topological polar surface area (TPSA) is 175 Å². The molecule has 1 aromatic carbocycles. The number of hydrogen-bond donors (Lipinski definition) is 4. The van der Waals surface area contributed by atoms with Gasteiger partial charge in [0.2, 0.25) is 0 Å². The minimum Gasteiger partial charge on any atom is -0.394 e. The minimum atomic E-state index is -1.11. The first-order valence-corrected chi connectivity index (χ1v) is 12.8. The first-order valence-electron chi connectivity index (χ1n) is 12.8. The highest BCUT2D eigenvalue weighted by Crippen LogP contribution is 2.49. The van der Waals surface area contributed by atoms with Gasteiger partial charge in [0.15, 0.2) is 5.78 Å². The van der Waals surface area contributed by atoms with Gasteiger partial charge in [-0.25, -0.2) is 4.79 Å². The lowest BCUT2D eigenvalue weighted by Gasteiger charge is -2.43. The molecule has 0 saturated carbocycles. The molecule has 1 aromatic heterocycles. The molecular weight excluding hydrogens is 502 g/mol. The highest BCUT2D eigenvalue weighted by Gasteiger charge is 2.46. The van der Waals surface area contributed by atoms with E-state index in [1.54, 1.807) is 4.90 Å². The van der Waals surface area contributed by atoms with Crippen LogP contribution in [0.3, 0.4) is 0 Å². The summed E-state index contributed by atoms with van der Waals surface area (Å²) in [6, 6.07) is 9.67. The summed E-state index contributed by atoms with van der Waals surface area (Å²) >= 11 is 0. The number of anilines is 1. The van der Waals surface area contributed by atoms with Crippen LogP contribution >= 0.6 is 0 Å². The third-order valence-electron chi connectivity index (χ3n) is 7.67. The number of carbonyl (C=O) groups is 1. The first kappa shape index (κ1) is 26.6. The molecule has 5 N–H and O–H groups in total. The molecule has 1 fully saturated rings. The molecule has 5 rings (SSSR count). The molecule has 3 aliphatic rings. The van der Waals surface area contributed by atoms with E-state index in [9.17, 15) is 29.9 Å². The summed E-state index contributed by atoms with van der Waals surface area (Å²) in [6.07, 6.45) is -0.922. The van der Waals surface area contributed by atoms with Gasteiger partial charge < -0.3 is 20.7 Å². The summed E-state index contributed by atoms with van der Waals surface area (Å²) < 4.78 is 6.75. The fourth-order valence-electron chi connectivity index (χ4n) is 5.78. The van der Waals surface area contributed by atoms with Crippen LogP contribution in [0.5, 0.6) is 0 Å². The molecule has 11 heteroatoms. The molecule has 1 aliphatic carbocycles. The second kappa shape index (κ2) is 9.64. The van der Waals surface area contributed by atoms with E-state index in [2.05, 4.69) is 11.1 Å². The lowest BCUT2D eigenvalue weighted by Crippen LogP contribution is -2.44. The van der Waals surface area contributed by atoms with Crippen molar-refractivity contribution >= 4 is 11.5 Å². The number of nitrogens with one attached hydrogen (secondary N) is 1. The zero-order valence-electron chi connectivity index (χ0n) is 22.0. The predicted molar refractivity (Wildman–Crippen MR) is 141 cm³/mol. The SMILES string of the molecule is Cc1ccc(N2C(N)=C(C#N)C(c3cn([C@H]4CC(O)[C@@H](CO)O4)c(=O)[nH]c3=O)C3=C2CC(C)(C)CC3=O)cc1. The van der Waals surface area contributed by atoms with Crippen LogP contribution in [0.4, 0.5) is 5.69 Å². The molecule has 0 spiro atoms. The molecule has 0 amide bonds. The molecule has 2 aliphatic heterocycles. The third kappa shape index (κ3) is 4.50. The van der Waals surface area contributed by atoms with Gasteiger partial charge >= 0.3 is 5.69 Å². The number of aromatic amines is 1. The van der Waals surface area contributed by atoms with Crippen molar-refractivity contribution in [2.75, 3.05) is 11.5 Å². The smallest absolute Gasteiger partial charge is 0.330 e. The van der Waals surface area contributed by atoms with E-state index in [-0.39, 0.29) is 41.2 Å². The summed E-state index contributed by atoms with van der Waals surface area (Å²) in [5.41, 5.74) is 7.31. The number of aryl methyl sites for hydroxylation is 1. The van der Waals surface area contributed by atoms with Crippen LogP contribution in [-0.4, -0.2) is 44.4 Å². The number of hydrogen-bond acceptors (Lipinski definition) is 9. The molecule has 3 heterocycles. The second-order valence-electron chi connectivity index (χ2n) is 11.2. The number of nitrogens with zero attached hydrogens (tertiary/aromatic N) is 3. The fourth-order valence-corrected chi connectivity index (χ4v) is 5.78. The Bertz CT molecular complexity index is 1560. The summed E-state index contributed by atoms with van der Waals surface area (Å²) in [5, 5.41) is 30.0. The highest BCUT2D eigenvalue weighted by atomic mass is 16.5. The number of aliphatic hydroxyl groups excluding tert-OH is 2. The van der Waals surface area contributed by atoms with E-state index in [0.717, 1.165) is 10.1 Å². The number of allylic oxidation sites excluding steroid dienone is 3. The number of nitrogens with two attached hydrogens (primary N) is 1. The second-order valence-corrected chi connectivity index (χ2v) is 11.2. The van der Waals surface area contributed by atoms with E-state index in [1.807, 2.05) is 45.0 Å². The van der Waals surface area contributed by atoms with Crippen LogP contribution in [0.1, 0.15) is 56.4 Å². The number of benzene rings is 1. The van der Waals surface area contributed by atoms with Crippen molar-refractivity contribution in [2.24, 2.45) is 11.1 Å². The van der Waals surface area contributed by atoms with E-state index in [0.29, 0.717) is 17.8 Å². The summed E-state index contributed by atoms with van der Waals surface area (Å²) in [4.78, 5) is 43.7. The number of H-pyrrole nitrogens is 1. The van der Waals surface area contributed by atoms with Crippen LogP contribution in [0, 0.1) is 23.7 Å². The molecule has 2 unspecified atom stereocenters. The van der Waals surface area contributed by atoms with Gasteiger partial charge in [0.05, 0.1) is 30.3 Å². The largest absolute Gasteiger partial charge is 0.394 e. The van der Waals surface area contributed by atoms with Crippen LogP contribution in [-0.2, 0) is 9.53 Å². The van der Waals surface area contributed by atoms with Gasteiger partial charge in [0.1, 0.15) is 18.2 Å². The van der Waals surface area contributed by atoms with E-state index in [1.165, 1.54) is 6.20 Å². The van der Waals surface area contributed by atoms with Gasteiger partial charge in [0.25, 0.3) is 5.56 Å². The number of Topliss-reactive ketones (excluding diaryl/α,β-unsaturated/α-hetero) is 1. The first-order chi connectivity index (χ1) is 18.5. The van der Waals surface area contributed by atoms with Crippen molar-refractivity contribution < 1.29 is 19.7 Å². The number of carbonyl (C=O) groups excluding carboxylic acids is 1. The number of aliphatic hydroxyl groups is 2. The number of aromatic nitrogens is 2. The molecule has 0 radical (unpaired) electrons. The Kier molecular flexibility index (Phi) is 6.58. The van der Waals surface area contributed by atoms with Crippen LogP contribution in [0.15, 0.2) is 62.7 Å². The Morgan fingerprint density at radius 3 is 2.51 bits per heavy atom. The maximum Gasteiger partial charge on any atom is 0.330 e. The number of ketones is 1. The van der Waals surface area contributed by atoms with Crippen molar-refractivity contribution in [1.82, 2.24) is 9.55 Å². The van der Waals surface area contributed by atoms with Crippen LogP contribution in [0.25, 0.3) is 0 Å². The zero-order chi connectivity index (χ0) is 28.2. The van der Waals surface area contributed by atoms with E-state index >= 15 is 0 Å².